The number of carbonyl (C=O) groups is 2. The SMILES string of the molecule is CC(C)N1N2C=C(C(=O)NCc3ccc(F)cc3F)C(O)C(O)=C2C(=O)N(C)C12CCOC2. The minimum atomic E-state index is -1.76. The summed E-state index contributed by atoms with van der Waals surface area (Å²) in [5.74, 6) is -3.51. The molecule has 9 nitrogen and oxygen atoms in total. The molecule has 3 heterocycles. The van der Waals surface area contributed by atoms with Crippen LogP contribution in [0.25, 0.3) is 0 Å². The van der Waals surface area contributed by atoms with E-state index >= 15 is 0 Å². The van der Waals surface area contributed by atoms with Crippen LogP contribution in [0.4, 0.5) is 8.78 Å². The first kappa shape index (κ1) is 23.1. The molecule has 2 fully saturated rings. The highest BCUT2D eigenvalue weighted by molar-refractivity contribution is 5.99. The Kier molecular flexibility index (Phi) is 5.89. The van der Waals surface area contributed by atoms with Crippen LogP contribution in [0.1, 0.15) is 25.8 Å². The number of ether oxygens (including phenoxy) is 1. The van der Waals surface area contributed by atoms with Crippen LogP contribution in [-0.2, 0) is 20.9 Å². The highest BCUT2D eigenvalue weighted by Crippen LogP contribution is 2.42. The van der Waals surface area contributed by atoms with E-state index in [1.165, 1.54) is 22.2 Å². The number of carbonyl (C=O) groups excluding carboxylic acids is 2. The maximum atomic E-state index is 13.9. The lowest BCUT2D eigenvalue weighted by Crippen LogP contribution is -2.73. The van der Waals surface area contributed by atoms with Crippen molar-refractivity contribution < 1.29 is 33.3 Å². The van der Waals surface area contributed by atoms with Gasteiger partial charge in [0.15, 0.2) is 11.5 Å². The van der Waals surface area contributed by atoms with Crippen LogP contribution in [0.5, 0.6) is 0 Å². The summed E-state index contributed by atoms with van der Waals surface area (Å²) in [7, 11) is 1.61. The Balaban J connectivity index is 1.67. The van der Waals surface area contributed by atoms with Crippen LogP contribution >= 0.6 is 0 Å². The molecule has 4 rings (SSSR count). The monoisotopic (exact) mass is 464 g/mol. The van der Waals surface area contributed by atoms with Crippen LogP contribution in [-0.4, -0.2) is 75.0 Å². The molecule has 0 saturated carbocycles. The maximum absolute atomic E-state index is 13.9. The van der Waals surface area contributed by atoms with E-state index in [0.29, 0.717) is 19.1 Å². The molecule has 3 aliphatic heterocycles. The van der Waals surface area contributed by atoms with Gasteiger partial charge >= 0.3 is 0 Å². The van der Waals surface area contributed by atoms with Crippen molar-refractivity contribution in [3.8, 4) is 0 Å². The molecule has 0 aliphatic carbocycles. The Labute approximate surface area is 189 Å². The van der Waals surface area contributed by atoms with Crippen LogP contribution in [0.2, 0.25) is 0 Å². The summed E-state index contributed by atoms with van der Waals surface area (Å²) >= 11 is 0. The summed E-state index contributed by atoms with van der Waals surface area (Å²) in [4.78, 5) is 27.5. The van der Waals surface area contributed by atoms with Crippen LogP contribution in [0, 0.1) is 11.6 Å². The second-order valence-corrected chi connectivity index (χ2v) is 8.57. The molecule has 3 aliphatic rings. The summed E-state index contributed by atoms with van der Waals surface area (Å²) < 4.78 is 32.6. The third-order valence-electron chi connectivity index (χ3n) is 6.26. The summed E-state index contributed by atoms with van der Waals surface area (Å²) in [6.45, 7) is 4.20. The van der Waals surface area contributed by atoms with Crippen molar-refractivity contribution >= 4 is 11.8 Å². The first-order valence-electron chi connectivity index (χ1n) is 10.6. The number of benzene rings is 1. The average molecular weight is 464 g/mol. The van der Waals surface area contributed by atoms with Gasteiger partial charge in [0.2, 0.25) is 0 Å². The second-order valence-electron chi connectivity index (χ2n) is 8.57. The summed E-state index contributed by atoms with van der Waals surface area (Å²) in [6.07, 6.45) is 0.0652. The second kappa shape index (κ2) is 8.40. The summed E-state index contributed by atoms with van der Waals surface area (Å²) in [5, 5.41) is 27.1. The molecular weight excluding hydrogens is 438 g/mol. The lowest BCUT2D eigenvalue weighted by molar-refractivity contribution is -0.197. The number of aliphatic hydroxyl groups is 2. The molecule has 1 spiro atoms. The number of fused-ring (bicyclic) bond motifs is 1. The molecule has 0 aromatic heterocycles. The van der Waals surface area contributed by atoms with E-state index in [9.17, 15) is 28.6 Å². The van der Waals surface area contributed by atoms with E-state index in [2.05, 4.69) is 5.32 Å². The van der Waals surface area contributed by atoms with Crippen molar-refractivity contribution in [3.05, 3.63) is 58.6 Å². The Hall–Kier alpha value is -3.02. The van der Waals surface area contributed by atoms with E-state index in [4.69, 9.17) is 4.74 Å². The number of amides is 2. The van der Waals surface area contributed by atoms with Gasteiger partial charge in [-0.2, -0.15) is 5.01 Å². The highest BCUT2D eigenvalue weighted by atomic mass is 19.1. The van der Waals surface area contributed by atoms with E-state index < -0.39 is 41.0 Å². The molecule has 1 aromatic rings. The fourth-order valence-electron chi connectivity index (χ4n) is 4.58. The number of hydrogen-bond donors (Lipinski definition) is 3. The molecule has 11 heteroatoms. The van der Waals surface area contributed by atoms with Crippen molar-refractivity contribution in [3.63, 3.8) is 0 Å². The molecule has 2 amide bonds. The number of halogens is 2. The first-order chi connectivity index (χ1) is 15.6. The van der Waals surface area contributed by atoms with Crippen LogP contribution < -0.4 is 5.32 Å². The summed E-state index contributed by atoms with van der Waals surface area (Å²) in [5.41, 5.74) is -1.16. The van der Waals surface area contributed by atoms with Gasteiger partial charge in [-0.05, 0) is 19.9 Å². The number of likely N-dealkylation sites (N-methyl/N-ethyl adjacent to an activating group) is 1. The predicted molar refractivity (Wildman–Crippen MR) is 112 cm³/mol. The molecular formula is C22H26F2N4O5. The maximum Gasteiger partial charge on any atom is 0.276 e. The highest BCUT2D eigenvalue weighted by Gasteiger charge is 2.56. The molecule has 2 unspecified atom stereocenters. The van der Waals surface area contributed by atoms with Crippen molar-refractivity contribution in [1.29, 1.82) is 0 Å². The van der Waals surface area contributed by atoms with Crippen molar-refractivity contribution in [1.82, 2.24) is 20.2 Å². The van der Waals surface area contributed by atoms with Gasteiger partial charge in [-0.15, -0.1) is 0 Å². The fraction of sp³-hybridized carbons (Fsp3) is 0.455. The minimum Gasteiger partial charge on any atom is -0.507 e. The van der Waals surface area contributed by atoms with Gasteiger partial charge < -0.3 is 25.2 Å². The normalized spacial score (nSPS) is 25.7. The lowest BCUT2D eigenvalue weighted by Gasteiger charge is -2.57. The van der Waals surface area contributed by atoms with Gasteiger partial charge in [-0.1, -0.05) is 6.07 Å². The summed E-state index contributed by atoms with van der Waals surface area (Å²) in [6, 6.07) is 2.81. The van der Waals surface area contributed by atoms with Gasteiger partial charge in [-0.3, -0.25) is 14.6 Å². The van der Waals surface area contributed by atoms with E-state index in [1.54, 1.807) is 7.05 Å². The standard InChI is InChI=1S/C22H26F2N4O5/c1-12(2)28-22(6-7-33-11-22)26(3)21(32)17-19(30)18(29)15(10-27(17)28)20(31)25-9-13-4-5-14(23)8-16(13)24/h4-5,8,10,12,18,29-30H,6-7,9,11H2,1-3H3,(H,25,31). The van der Waals surface area contributed by atoms with Crippen molar-refractivity contribution in [2.45, 2.75) is 44.6 Å². The Bertz CT molecular complexity index is 1050. The van der Waals surface area contributed by atoms with Crippen molar-refractivity contribution in [2.24, 2.45) is 0 Å². The smallest absolute Gasteiger partial charge is 0.276 e. The number of nitrogens with zero attached hydrogens (tertiary/aromatic N) is 3. The van der Waals surface area contributed by atoms with Gasteiger partial charge in [0.1, 0.15) is 23.4 Å². The zero-order valence-electron chi connectivity index (χ0n) is 18.5. The van der Waals surface area contributed by atoms with Gasteiger partial charge in [0, 0.05) is 43.9 Å². The van der Waals surface area contributed by atoms with Crippen LogP contribution in [0.3, 0.4) is 0 Å². The Morgan fingerprint density at radius 3 is 2.70 bits per heavy atom. The number of rotatable bonds is 4. The number of hydrogen-bond acceptors (Lipinski definition) is 7. The third kappa shape index (κ3) is 3.65. The average Bonchev–Trinajstić information content (AvgIpc) is 3.23. The fourth-order valence-corrected chi connectivity index (χ4v) is 4.58. The Morgan fingerprint density at radius 1 is 1.36 bits per heavy atom. The molecule has 3 N–H and O–H groups in total. The molecule has 0 bridgehead atoms. The zero-order valence-corrected chi connectivity index (χ0v) is 18.5. The van der Waals surface area contributed by atoms with E-state index in [-0.39, 0.29) is 36.0 Å². The van der Waals surface area contributed by atoms with Crippen LogP contribution in [0.15, 0.2) is 41.4 Å². The van der Waals surface area contributed by atoms with E-state index in [1.807, 2.05) is 18.9 Å². The zero-order chi connectivity index (χ0) is 24.1. The third-order valence-corrected chi connectivity index (χ3v) is 6.26. The Morgan fingerprint density at radius 2 is 2.09 bits per heavy atom. The molecule has 0 radical (unpaired) electrons. The number of hydrazine groups is 1. The van der Waals surface area contributed by atoms with Gasteiger partial charge in [0.05, 0.1) is 18.8 Å². The topological polar surface area (TPSA) is 106 Å². The first-order valence-corrected chi connectivity index (χ1v) is 10.6. The number of aliphatic hydroxyl groups excluding tert-OH is 2. The molecule has 2 saturated heterocycles. The molecule has 1 aromatic carbocycles. The minimum absolute atomic E-state index is 0.0525. The molecule has 33 heavy (non-hydrogen) atoms. The lowest BCUT2D eigenvalue weighted by atomic mass is 9.97. The molecule has 2 atom stereocenters. The largest absolute Gasteiger partial charge is 0.507 e. The quantitative estimate of drug-likeness (QED) is 0.614. The van der Waals surface area contributed by atoms with Gasteiger partial charge in [0.25, 0.3) is 11.8 Å². The predicted octanol–water partition coefficient (Wildman–Crippen LogP) is 1.12. The van der Waals surface area contributed by atoms with E-state index in [0.717, 1.165) is 6.07 Å². The number of nitrogens with one attached hydrogen (secondary N) is 1. The molecule has 178 valence electrons. The van der Waals surface area contributed by atoms with Gasteiger partial charge in [-0.25, -0.2) is 8.78 Å². The van der Waals surface area contributed by atoms with Crippen molar-refractivity contribution in [2.75, 3.05) is 20.3 Å².